The van der Waals surface area contributed by atoms with Gasteiger partial charge in [0.15, 0.2) is 0 Å². The Hall–Kier alpha value is -0.560. The molecule has 0 radical (unpaired) electrons. The minimum atomic E-state index is -4.84. The molecule has 0 fully saturated rings. The van der Waals surface area contributed by atoms with Gasteiger partial charge in [-0.15, -0.1) is 11.3 Å². The first kappa shape index (κ1) is 11.9. The molecule has 3 N–H and O–H groups in total. The maximum absolute atomic E-state index is 13.1. The third-order valence-electron chi connectivity index (χ3n) is 2.87. The van der Waals surface area contributed by atoms with Crippen LogP contribution >= 0.6 is 11.3 Å². The maximum Gasteiger partial charge on any atom is 0.252 e. The average Bonchev–Trinajstić information content (AvgIpc) is 2.94. The number of likely N-dealkylation sites (N-methyl/N-ethyl adjacent to an activating group) is 1. The molecule has 0 amide bonds. The van der Waals surface area contributed by atoms with Crippen molar-refractivity contribution in [2.24, 2.45) is 5.14 Å². The van der Waals surface area contributed by atoms with E-state index in [1.807, 2.05) is 0 Å². The first-order valence-corrected chi connectivity index (χ1v) is 10.1. The predicted octanol–water partition coefficient (Wildman–Crippen LogP) is 0.0869. The molecule has 0 saturated heterocycles. The summed E-state index contributed by atoms with van der Waals surface area (Å²) in [5, 5.41) is 7.37. The molecule has 0 spiro atoms. The number of nitrogens with zero attached hydrogens (tertiary/aromatic N) is 1. The summed E-state index contributed by atoms with van der Waals surface area (Å²) < 4.78 is 102. The van der Waals surface area contributed by atoms with Crippen LogP contribution in [-0.2, 0) is 24.8 Å². The number of hydrogen-bond donors (Lipinski definition) is 2. The highest BCUT2D eigenvalue weighted by Gasteiger charge is 2.39. The lowest BCUT2D eigenvalue weighted by Crippen LogP contribution is -2.43. The summed E-state index contributed by atoms with van der Waals surface area (Å²) in [6.07, 6.45) is -0.517. The molecular weight excluding hydrogens is 362 g/mol. The van der Waals surface area contributed by atoms with E-state index in [-0.39, 0.29) is 27.8 Å². The third kappa shape index (κ3) is 3.92. The highest BCUT2D eigenvalue weighted by molar-refractivity contribution is 7.94. The van der Waals surface area contributed by atoms with E-state index in [0.717, 1.165) is 13.0 Å². The summed E-state index contributed by atoms with van der Waals surface area (Å²) in [7, 11) is -7.92. The average molecular weight is 390 g/mol. The number of rotatable bonds is 7. The van der Waals surface area contributed by atoms with E-state index in [0.29, 0.717) is 0 Å². The second-order valence-corrected chi connectivity index (χ2v) is 9.30. The predicted molar refractivity (Wildman–Crippen MR) is 87.4 cm³/mol. The Morgan fingerprint density at radius 3 is 2.91 bits per heavy atom. The first-order valence-electron chi connectivity index (χ1n) is 9.34. The molecule has 11 heteroatoms. The summed E-state index contributed by atoms with van der Waals surface area (Å²) in [5.74, 6) is 0. The lowest BCUT2D eigenvalue weighted by atomic mass is 10.1. The maximum atomic E-state index is 13.1. The topological polar surface area (TPSA) is 119 Å². The minimum absolute atomic E-state index is 0.00117. The van der Waals surface area contributed by atoms with Gasteiger partial charge in [-0.05, 0) is 19.0 Å². The molecule has 2 rings (SSSR count). The number of ether oxygens (including phenoxy) is 1. The van der Waals surface area contributed by atoms with E-state index in [9.17, 15) is 16.8 Å². The lowest BCUT2D eigenvalue weighted by Gasteiger charge is -2.32. The van der Waals surface area contributed by atoms with Gasteiger partial charge in [-0.25, -0.2) is 22.0 Å². The zero-order chi connectivity index (χ0) is 22.6. The summed E-state index contributed by atoms with van der Waals surface area (Å²) >= 11 is 0.254. The number of nitrogens with one attached hydrogen (secondary N) is 1. The monoisotopic (exact) mass is 389 g/mol. The molecular formula is C12H21N3O5S3. The van der Waals surface area contributed by atoms with Crippen LogP contribution in [-0.4, -0.2) is 54.3 Å². The van der Waals surface area contributed by atoms with Crippen LogP contribution in [0.5, 0.6) is 0 Å². The molecule has 8 nitrogen and oxygen atoms in total. The number of sulfonamides is 2. The summed E-state index contributed by atoms with van der Waals surface area (Å²) in [6, 6.07) is -0.846. The van der Waals surface area contributed by atoms with Crippen LogP contribution in [0.2, 0.25) is 0 Å². The molecule has 1 atom stereocenters. The summed E-state index contributed by atoms with van der Waals surface area (Å²) in [6.45, 7) is -7.12. The molecule has 0 unspecified atom stereocenters. The zero-order valence-electron chi connectivity index (χ0n) is 18.4. The van der Waals surface area contributed by atoms with Crippen LogP contribution in [0.1, 0.15) is 33.2 Å². The molecule has 1 aromatic heterocycles. The van der Waals surface area contributed by atoms with E-state index >= 15 is 0 Å². The number of fused-ring (bicyclic) bond motifs is 1. The van der Waals surface area contributed by atoms with Gasteiger partial charge >= 0.3 is 0 Å². The SMILES string of the molecule is [2H]C([2H])(C)N[C@@H]1c2cc(S(N)(=O)=O)sc2S(=O)(=O)N(C([2H])([2H])CCOC)C1([2H])[2H]. The van der Waals surface area contributed by atoms with Crippen molar-refractivity contribution in [1.29, 1.82) is 0 Å². The zero-order valence-corrected chi connectivity index (χ0v) is 14.8. The quantitative estimate of drug-likeness (QED) is 0.682. The number of nitrogens with two attached hydrogens (primary N) is 1. The van der Waals surface area contributed by atoms with Crippen LogP contribution in [0.25, 0.3) is 0 Å². The minimum Gasteiger partial charge on any atom is -0.385 e. The van der Waals surface area contributed by atoms with Gasteiger partial charge in [0.25, 0.3) is 10.0 Å². The lowest BCUT2D eigenvalue weighted by molar-refractivity contribution is 0.185. The molecule has 0 saturated carbocycles. The number of primary sulfonamides is 1. The third-order valence-corrected chi connectivity index (χ3v) is 7.53. The van der Waals surface area contributed by atoms with Gasteiger partial charge in [0.1, 0.15) is 8.42 Å². The van der Waals surface area contributed by atoms with Crippen molar-refractivity contribution in [3.63, 3.8) is 0 Å². The van der Waals surface area contributed by atoms with Crippen molar-refractivity contribution < 1.29 is 29.8 Å². The van der Waals surface area contributed by atoms with Crippen molar-refractivity contribution in [1.82, 2.24) is 9.62 Å². The Kier molecular flexibility index (Phi) is 3.69. The Morgan fingerprint density at radius 2 is 2.35 bits per heavy atom. The Morgan fingerprint density at radius 1 is 1.65 bits per heavy atom. The van der Waals surface area contributed by atoms with Crippen molar-refractivity contribution in [3.05, 3.63) is 11.6 Å². The standard InChI is InChI=1S/C12H21N3O5S3/c1-3-14-10-8-15(5-4-6-20-2)23(18,19)12-9(10)7-11(21-12)22(13,16)17/h7,10,14H,3-6,8H2,1-2H3,(H2,13,16,17)/t10-/m0/s1/i3D2,5D2,8D2. The molecule has 23 heavy (non-hydrogen) atoms. The smallest absolute Gasteiger partial charge is 0.252 e. The van der Waals surface area contributed by atoms with E-state index in [1.165, 1.54) is 7.11 Å². The molecule has 132 valence electrons. The van der Waals surface area contributed by atoms with Gasteiger partial charge in [-0.1, -0.05) is 6.92 Å². The van der Waals surface area contributed by atoms with Crippen LogP contribution in [0.15, 0.2) is 14.5 Å². The fourth-order valence-electron chi connectivity index (χ4n) is 1.88. The first-order chi connectivity index (χ1) is 12.9. The van der Waals surface area contributed by atoms with Gasteiger partial charge in [0.2, 0.25) is 10.0 Å². The summed E-state index contributed by atoms with van der Waals surface area (Å²) in [5.41, 5.74) is -0.339. The van der Waals surface area contributed by atoms with E-state index in [2.05, 4.69) is 5.32 Å². The molecule has 1 aliphatic heterocycles. The van der Waals surface area contributed by atoms with Crippen LogP contribution in [0.3, 0.4) is 0 Å². The Labute approximate surface area is 149 Å². The fraction of sp³-hybridized carbons (Fsp3) is 0.667. The largest absolute Gasteiger partial charge is 0.385 e. The molecule has 0 aromatic carbocycles. The van der Waals surface area contributed by atoms with Crippen LogP contribution < -0.4 is 10.5 Å². The van der Waals surface area contributed by atoms with Crippen molar-refractivity contribution in [2.75, 3.05) is 33.2 Å². The van der Waals surface area contributed by atoms with Crippen LogP contribution in [0.4, 0.5) is 0 Å². The number of methoxy groups -OCH3 is 1. The second-order valence-electron chi connectivity index (χ2n) is 4.48. The highest BCUT2D eigenvalue weighted by atomic mass is 32.3. The van der Waals surface area contributed by atoms with E-state index in [4.69, 9.17) is 18.1 Å². The van der Waals surface area contributed by atoms with Crippen molar-refractivity contribution >= 4 is 31.4 Å². The highest BCUT2D eigenvalue weighted by Crippen LogP contribution is 2.39. The van der Waals surface area contributed by atoms with Gasteiger partial charge in [0, 0.05) is 46.5 Å². The molecule has 1 aromatic rings. The number of thiophene rings is 1. The Bertz CT molecular complexity index is 989. The van der Waals surface area contributed by atoms with Gasteiger partial charge in [0.05, 0.1) is 0 Å². The fourth-order valence-corrected chi connectivity index (χ4v) is 5.77. The van der Waals surface area contributed by atoms with Crippen molar-refractivity contribution in [2.45, 2.75) is 27.8 Å². The Balaban J connectivity index is 2.82. The molecule has 0 aliphatic carbocycles. The summed E-state index contributed by atoms with van der Waals surface area (Å²) in [4.78, 5) is 0. The van der Waals surface area contributed by atoms with Gasteiger partial charge < -0.3 is 10.1 Å². The van der Waals surface area contributed by atoms with E-state index < -0.39 is 60.4 Å². The molecule has 2 heterocycles. The second kappa shape index (κ2) is 7.13. The normalized spacial score (nSPS) is 28.6. The van der Waals surface area contributed by atoms with E-state index in [1.54, 1.807) is 0 Å². The molecule has 0 bridgehead atoms. The van der Waals surface area contributed by atoms with Gasteiger partial charge in [-0.3, -0.25) is 0 Å². The number of hydrogen-bond acceptors (Lipinski definition) is 7. The van der Waals surface area contributed by atoms with Gasteiger partial charge in [-0.2, -0.15) is 4.31 Å². The molecule has 1 aliphatic rings. The van der Waals surface area contributed by atoms with Crippen LogP contribution in [0, 0.1) is 0 Å². The van der Waals surface area contributed by atoms with Crippen molar-refractivity contribution in [3.8, 4) is 0 Å².